The van der Waals surface area contributed by atoms with E-state index < -0.39 is 17.8 Å². The van der Waals surface area contributed by atoms with Crippen LogP contribution >= 0.6 is 0 Å². The number of nitrogens with one attached hydrogen (secondary N) is 1. The number of halogens is 3. The number of pyridine rings is 1. The van der Waals surface area contributed by atoms with Crippen molar-refractivity contribution in [3.05, 3.63) is 54.2 Å². The molecule has 1 N–H and O–H groups in total. The zero-order valence-electron chi connectivity index (χ0n) is 22.1. The lowest BCUT2D eigenvalue weighted by Gasteiger charge is -2.33. The zero-order chi connectivity index (χ0) is 27.7. The summed E-state index contributed by atoms with van der Waals surface area (Å²) in [4.78, 5) is 35.1. The Morgan fingerprint density at radius 1 is 1.00 bits per heavy atom. The van der Waals surface area contributed by atoms with Crippen LogP contribution in [0.5, 0.6) is 0 Å². The van der Waals surface area contributed by atoms with Gasteiger partial charge in [-0.25, -0.2) is 14.8 Å². The number of carbonyl (C=O) groups is 1. The predicted octanol–water partition coefficient (Wildman–Crippen LogP) is 4.58. The molecule has 9 nitrogen and oxygen atoms in total. The van der Waals surface area contributed by atoms with E-state index in [2.05, 4.69) is 32.1 Å². The van der Waals surface area contributed by atoms with E-state index in [1.807, 2.05) is 24.9 Å². The highest BCUT2D eigenvalue weighted by Gasteiger charge is 2.33. The molecule has 0 bridgehead atoms. The molecule has 2 aromatic heterocycles. The van der Waals surface area contributed by atoms with E-state index in [1.165, 1.54) is 6.07 Å². The number of fused-ring (bicyclic) bond motifs is 1. The lowest BCUT2D eigenvalue weighted by atomic mass is 10.1. The van der Waals surface area contributed by atoms with Crippen molar-refractivity contribution in [1.82, 2.24) is 19.9 Å². The molecule has 1 aromatic carbocycles. The summed E-state index contributed by atoms with van der Waals surface area (Å²) in [5.74, 6) is 1.28. The average Bonchev–Trinajstić information content (AvgIpc) is 3.04. The molecular weight excluding hydrogens is 509 g/mol. The van der Waals surface area contributed by atoms with Crippen molar-refractivity contribution in [2.75, 3.05) is 66.8 Å². The molecule has 0 aliphatic carbocycles. The van der Waals surface area contributed by atoms with Gasteiger partial charge in [0.2, 0.25) is 5.95 Å². The van der Waals surface area contributed by atoms with E-state index in [1.54, 1.807) is 29.3 Å². The first-order valence-corrected chi connectivity index (χ1v) is 12.9. The van der Waals surface area contributed by atoms with Crippen molar-refractivity contribution in [2.45, 2.75) is 25.6 Å². The minimum absolute atomic E-state index is 0.178. The first kappa shape index (κ1) is 26.7. The number of aromatic nitrogens is 3. The van der Waals surface area contributed by atoms with Crippen molar-refractivity contribution in [3.63, 3.8) is 0 Å². The largest absolute Gasteiger partial charge is 0.416 e. The second-order valence-electron chi connectivity index (χ2n) is 10.0. The number of alkyl halides is 3. The maximum Gasteiger partial charge on any atom is 0.416 e. The molecule has 0 unspecified atom stereocenters. The number of amides is 2. The summed E-state index contributed by atoms with van der Waals surface area (Å²) in [6.45, 7) is 6.08. The highest BCUT2D eigenvalue weighted by Crippen LogP contribution is 2.36. The molecule has 2 aliphatic heterocycles. The zero-order valence-corrected chi connectivity index (χ0v) is 22.1. The third-order valence-corrected chi connectivity index (χ3v) is 7.21. The molecule has 39 heavy (non-hydrogen) atoms. The van der Waals surface area contributed by atoms with Gasteiger partial charge in [-0.3, -0.25) is 10.2 Å². The molecule has 3 aromatic rings. The molecule has 0 radical (unpaired) electrons. The summed E-state index contributed by atoms with van der Waals surface area (Å²) in [5.41, 5.74) is 0.607. The van der Waals surface area contributed by atoms with Gasteiger partial charge in [0.1, 0.15) is 5.82 Å². The summed E-state index contributed by atoms with van der Waals surface area (Å²) >= 11 is 0. The van der Waals surface area contributed by atoms with E-state index >= 15 is 0 Å². The summed E-state index contributed by atoms with van der Waals surface area (Å²) in [6, 6.07) is 9.63. The number of likely N-dealkylation sites (N-methyl/N-ethyl adjacent to an activating group) is 1. The number of rotatable bonds is 3. The minimum atomic E-state index is -4.47. The van der Waals surface area contributed by atoms with Crippen LogP contribution in [-0.2, 0) is 6.18 Å². The van der Waals surface area contributed by atoms with Gasteiger partial charge in [0, 0.05) is 57.6 Å². The summed E-state index contributed by atoms with van der Waals surface area (Å²) in [6.07, 6.45) is -2.18. The van der Waals surface area contributed by atoms with E-state index in [4.69, 9.17) is 4.98 Å². The Balaban J connectivity index is 1.46. The van der Waals surface area contributed by atoms with Crippen molar-refractivity contribution in [3.8, 4) is 11.3 Å². The van der Waals surface area contributed by atoms with E-state index in [0.29, 0.717) is 35.7 Å². The van der Waals surface area contributed by atoms with Gasteiger partial charge in [0.05, 0.1) is 16.9 Å². The fraction of sp³-hybridized carbons (Fsp3) is 0.407. The maximum atomic E-state index is 13.7. The van der Waals surface area contributed by atoms with Crippen LogP contribution in [0.15, 0.2) is 48.7 Å². The molecule has 4 heterocycles. The predicted molar refractivity (Wildman–Crippen MR) is 145 cm³/mol. The Kier molecular flexibility index (Phi) is 7.30. The summed E-state index contributed by atoms with van der Waals surface area (Å²) in [7, 11) is 3.98. The lowest BCUT2D eigenvalue weighted by Crippen LogP contribution is -2.45. The average molecular weight is 541 g/mol. The van der Waals surface area contributed by atoms with E-state index in [-0.39, 0.29) is 12.0 Å². The van der Waals surface area contributed by atoms with Crippen LogP contribution < -0.4 is 20.0 Å². The quantitative estimate of drug-likeness (QED) is 0.521. The maximum absolute atomic E-state index is 13.7. The second-order valence-corrected chi connectivity index (χ2v) is 10.0. The number of urea groups is 1. The standard InChI is InChI=1S/C27H31F3N8O/c1-18-10-12-36(3)22-8-7-21(19-5-4-6-20(17-19)27(28,29)30)32-24(22)38(18)26(39)34-25-31-11-9-23(33-25)37-15-13-35(2)14-16-37/h4-9,11,17-18H,10,12-16H2,1-3H3,(H,31,33,34,39)/t18-/m1/s1. The van der Waals surface area contributed by atoms with Crippen molar-refractivity contribution < 1.29 is 18.0 Å². The molecule has 5 rings (SSSR count). The molecule has 1 saturated heterocycles. The minimum Gasteiger partial charge on any atom is -0.372 e. The van der Waals surface area contributed by atoms with Gasteiger partial charge >= 0.3 is 12.2 Å². The third-order valence-electron chi connectivity index (χ3n) is 7.21. The highest BCUT2D eigenvalue weighted by atomic mass is 19.4. The van der Waals surface area contributed by atoms with E-state index in [0.717, 1.165) is 44.1 Å². The highest BCUT2D eigenvalue weighted by molar-refractivity contribution is 6.03. The number of piperazine rings is 1. The number of nitrogens with zero attached hydrogens (tertiary/aromatic N) is 7. The van der Waals surface area contributed by atoms with Crippen LogP contribution in [0.25, 0.3) is 11.3 Å². The number of carbonyl (C=O) groups excluding carboxylic acids is 1. The first-order valence-electron chi connectivity index (χ1n) is 12.9. The van der Waals surface area contributed by atoms with E-state index in [9.17, 15) is 18.0 Å². The Morgan fingerprint density at radius 2 is 1.77 bits per heavy atom. The molecule has 2 amide bonds. The van der Waals surface area contributed by atoms with Crippen molar-refractivity contribution in [2.24, 2.45) is 0 Å². The van der Waals surface area contributed by atoms with Gasteiger partial charge in [0.25, 0.3) is 0 Å². The Morgan fingerprint density at radius 3 is 2.51 bits per heavy atom. The lowest BCUT2D eigenvalue weighted by molar-refractivity contribution is -0.137. The van der Waals surface area contributed by atoms with Gasteiger partial charge in [-0.2, -0.15) is 18.2 Å². The summed E-state index contributed by atoms with van der Waals surface area (Å²) in [5, 5.41) is 2.82. The Bertz CT molecular complexity index is 1340. The number of benzene rings is 1. The topological polar surface area (TPSA) is 80.7 Å². The Hall–Kier alpha value is -3.93. The Labute approximate surface area is 225 Å². The smallest absolute Gasteiger partial charge is 0.372 e. The van der Waals surface area contributed by atoms with Gasteiger partial charge in [-0.1, -0.05) is 12.1 Å². The SMILES string of the molecule is C[C@@H]1CCN(C)c2ccc(-c3cccc(C(F)(F)F)c3)nc2N1C(=O)Nc1nccc(N2CCN(C)CC2)n1. The van der Waals surface area contributed by atoms with Crippen LogP contribution in [0.1, 0.15) is 18.9 Å². The molecule has 0 saturated carbocycles. The van der Waals surface area contributed by atoms with Crippen LogP contribution in [0.2, 0.25) is 0 Å². The van der Waals surface area contributed by atoms with Crippen LogP contribution in [0, 0.1) is 0 Å². The monoisotopic (exact) mass is 540 g/mol. The molecule has 206 valence electrons. The third kappa shape index (κ3) is 5.75. The normalized spacial score (nSPS) is 18.5. The van der Waals surface area contributed by atoms with Gasteiger partial charge in [0.15, 0.2) is 5.82 Å². The number of hydrogen-bond acceptors (Lipinski definition) is 7. The molecule has 2 aliphatic rings. The molecular formula is C27H31F3N8O. The van der Waals surface area contributed by atoms with Crippen molar-refractivity contribution >= 4 is 29.3 Å². The molecule has 12 heteroatoms. The summed E-state index contributed by atoms with van der Waals surface area (Å²) < 4.78 is 40.0. The molecule has 1 atom stereocenters. The van der Waals surface area contributed by atoms with Crippen LogP contribution in [0.4, 0.5) is 41.2 Å². The van der Waals surface area contributed by atoms with Crippen LogP contribution in [-0.4, -0.2) is 78.7 Å². The van der Waals surface area contributed by atoms with Crippen molar-refractivity contribution in [1.29, 1.82) is 0 Å². The number of hydrogen-bond donors (Lipinski definition) is 1. The van der Waals surface area contributed by atoms with Gasteiger partial charge in [-0.15, -0.1) is 0 Å². The fourth-order valence-corrected chi connectivity index (χ4v) is 4.84. The fourth-order valence-electron chi connectivity index (χ4n) is 4.84. The van der Waals surface area contributed by atoms with Gasteiger partial charge in [-0.05, 0) is 50.7 Å². The molecule has 0 spiro atoms. The van der Waals surface area contributed by atoms with Gasteiger partial charge < -0.3 is 14.7 Å². The molecule has 1 fully saturated rings. The number of anilines is 4. The first-order chi connectivity index (χ1) is 18.6. The van der Waals surface area contributed by atoms with Crippen LogP contribution in [0.3, 0.4) is 0 Å². The second kappa shape index (κ2) is 10.7.